The van der Waals surface area contributed by atoms with Gasteiger partial charge in [0.05, 0.1) is 34.9 Å². The second-order valence-corrected chi connectivity index (χ2v) is 8.38. The van der Waals surface area contributed by atoms with Gasteiger partial charge >= 0.3 is 0 Å². The Kier molecular flexibility index (Phi) is 6.11. The number of nitrogens with one attached hydrogen (secondary N) is 1. The van der Waals surface area contributed by atoms with E-state index in [1.165, 1.54) is 0 Å². The van der Waals surface area contributed by atoms with E-state index in [1.54, 1.807) is 25.7 Å². The molecule has 3 aromatic heterocycles. The molecule has 0 aromatic carbocycles. The quantitative estimate of drug-likeness (QED) is 0.591. The van der Waals surface area contributed by atoms with Crippen LogP contribution in [0.2, 0.25) is 0 Å². The summed E-state index contributed by atoms with van der Waals surface area (Å²) in [6, 6.07) is 9.95. The van der Waals surface area contributed by atoms with E-state index in [1.807, 2.05) is 24.3 Å². The van der Waals surface area contributed by atoms with Crippen LogP contribution in [0.25, 0.3) is 11.3 Å². The molecule has 2 saturated heterocycles. The number of methoxy groups -OCH3 is 1. The fraction of sp³-hybridized carbons (Fsp3) is 0.375. The number of anilines is 3. The summed E-state index contributed by atoms with van der Waals surface area (Å²) in [5, 5.41) is 12.9. The van der Waals surface area contributed by atoms with E-state index in [2.05, 4.69) is 41.1 Å². The summed E-state index contributed by atoms with van der Waals surface area (Å²) in [4.78, 5) is 22.5. The fourth-order valence-electron chi connectivity index (χ4n) is 4.19. The first-order valence-corrected chi connectivity index (χ1v) is 11.2. The Morgan fingerprint density at radius 3 is 2.70 bits per heavy atom. The number of likely N-dealkylation sites (tertiary alicyclic amines) is 1. The molecule has 9 nitrogen and oxygen atoms in total. The monoisotopic (exact) mass is 442 g/mol. The van der Waals surface area contributed by atoms with Gasteiger partial charge in [-0.05, 0) is 37.1 Å². The highest BCUT2D eigenvalue weighted by Crippen LogP contribution is 2.27. The topological polar surface area (TPSA) is 103 Å². The predicted octanol–water partition coefficient (Wildman–Crippen LogP) is 2.98. The Labute approximate surface area is 193 Å². The molecule has 5 heterocycles. The number of nitrogens with zero attached hydrogens (tertiary/aromatic N) is 7. The second kappa shape index (κ2) is 9.48. The fourth-order valence-corrected chi connectivity index (χ4v) is 4.19. The zero-order valence-corrected chi connectivity index (χ0v) is 18.6. The van der Waals surface area contributed by atoms with Crippen molar-refractivity contribution in [2.24, 2.45) is 0 Å². The van der Waals surface area contributed by atoms with Gasteiger partial charge in [0, 0.05) is 57.8 Å². The van der Waals surface area contributed by atoms with Gasteiger partial charge in [0.25, 0.3) is 0 Å². The van der Waals surface area contributed by atoms with Crippen LogP contribution in [0.4, 0.5) is 17.5 Å². The van der Waals surface area contributed by atoms with Crippen LogP contribution in [-0.4, -0.2) is 64.2 Å². The highest BCUT2D eigenvalue weighted by Gasteiger charge is 2.26. The third-order valence-corrected chi connectivity index (χ3v) is 6.07. The Bertz CT molecular complexity index is 1150. The smallest absolute Gasteiger partial charge is 0.227 e. The van der Waals surface area contributed by atoms with Crippen LogP contribution >= 0.6 is 0 Å². The summed E-state index contributed by atoms with van der Waals surface area (Å²) in [6.45, 7) is 4.59. The SMILES string of the molecule is COC1CN(Cc2ccc(Nc3nccc(-c4cnc(N5CCCC5)c(C#N)c4)n3)cn2)C1. The van der Waals surface area contributed by atoms with Gasteiger partial charge < -0.3 is 15.0 Å². The van der Waals surface area contributed by atoms with Crippen molar-refractivity contribution in [1.82, 2.24) is 24.8 Å². The molecule has 2 aliphatic heterocycles. The number of pyridine rings is 2. The van der Waals surface area contributed by atoms with Gasteiger partial charge in [-0.1, -0.05) is 0 Å². The minimum atomic E-state index is 0.339. The molecule has 2 aliphatic rings. The summed E-state index contributed by atoms with van der Waals surface area (Å²) < 4.78 is 5.32. The van der Waals surface area contributed by atoms with Gasteiger partial charge in [0.15, 0.2) is 0 Å². The standard InChI is InChI=1S/C24H26N8O/c1-33-21-15-31(16-21)14-20-5-4-19(13-27-20)29-24-26-7-6-22(30-24)18-10-17(11-25)23(28-12-18)32-8-2-3-9-32/h4-7,10,12-13,21H,2-3,8-9,14-16H2,1H3,(H,26,29,30). The maximum Gasteiger partial charge on any atom is 0.227 e. The summed E-state index contributed by atoms with van der Waals surface area (Å²) in [5.74, 6) is 1.23. The lowest BCUT2D eigenvalue weighted by molar-refractivity contribution is -0.0339. The first-order chi connectivity index (χ1) is 16.2. The third kappa shape index (κ3) is 4.77. The van der Waals surface area contributed by atoms with E-state index in [4.69, 9.17) is 4.74 Å². The molecule has 0 amide bonds. The van der Waals surface area contributed by atoms with Crippen LogP contribution in [0.15, 0.2) is 42.9 Å². The number of aromatic nitrogens is 4. The number of ether oxygens (including phenoxy) is 1. The molecular formula is C24H26N8O. The molecule has 0 atom stereocenters. The van der Waals surface area contributed by atoms with E-state index in [0.717, 1.165) is 68.3 Å². The Hall–Kier alpha value is -3.61. The van der Waals surface area contributed by atoms with Crippen molar-refractivity contribution in [2.45, 2.75) is 25.5 Å². The molecule has 0 spiro atoms. The van der Waals surface area contributed by atoms with Crippen molar-refractivity contribution >= 4 is 17.5 Å². The molecule has 9 heteroatoms. The normalized spacial score (nSPS) is 16.4. The summed E-state index contributed by atoms with van der Waals surface area (Å²) in [5.41, 5.74) is 3.89. The number of hydrogen-bond acceptors (Lipinski definition) is 9. The van der Waals surface area contributed by atoms with E-state index in [-0.39, 0.29) is 0 Å². The lowest BCUT2D eigenvalue weighted by atomic mass is 10.1. The number of nitriles is 1. The maximum atomic E-state index is 9.64. The van der Waals surface area contributed by atoms with E-state index in [9.17, 15) is 5.26 Å². The highest BCUT2D eigenvalue weighted by molar-refractivity contribution is 5.67. The van der Waals surface area contributed by atoms with Crippen molar-refractivity contribution in [1.29, 1.82) is 5.26 Å². The average Bonchev–Trinajstić information content (AvgIpc) is 3.37. The Balaban J connectivity index is 1.27. The minimum absolute atomic E-state index is 0.339. The molecule has 3 aromatic rings. The van der Waals surface area contributed by atoms with Crippen molar-refractivity contribution < 1.29 is 4.74 Å². The van der Waals surface area contributed by atoms with Crippen molar-refractivity contribution in [2.75, 3.05) is 43.5 Å². The van der Waals surface area contributed by atoms with Gasteiger partial charge in [-0.15, -0.1) is 0 Å². The van der Waals surface area contributed by atoms with Crippen molar-refractivity contribution in [3.05, 3.63) is 54.1 Å². The molecule has 0 bridgehead atoms. The lowest BCUT2D eigenvalue weighted by Gasteiger charge is -2.37. The highest BCUT2D eigenvalue weighted by atomic mass is 16.5. The summed E-state index contributed by atoms with van der Waals surface area (Å²) in [7, 11) is 1.75. The summed E-state index contributed by atoms with van der Waals surface area (Å²) in [6.07, 6.45) is 7.88. The molecule has 0 aliphatic carbocycles. The van der Waals surface area contributed by atoms with Crippen molar-refractivity contribution in [3.8, 4) is 17.3 Å². The number of hydrogen-bond donors (Lipinski definition) is 1. The van der Waals surface area contributed by atoms with Gasteiger partial charge in [0.1, 0.15) is 11.9 Å². The zero-order valence-electron chi connectivity index (χ0n) is 18.6. The van der Waals surface area contributed by atoms with Gasteiger partial charge in [-0.3, -0.25) is 9.88 Å². The van der Waals surface area contributed by atoms with Gasteiger partial charge in [-0.2, -0.15) is 5.26 Å². The molecule has 33 heavy (non-hydrogen) atoms. The molecule has 5 rings (SSSR count). The minimum Gasteiger partial charge on any atom is -0.379 e. The second-order valence-electron chi connectivity index (χ2n) is 8.38. The predicted molar refractivity (Wildman–Crippen MR) is 125 cm³/mol. The maximum absolute atomic E-state index is 9.64. The van der Waals surface area contributed by atoms with Crippen molar-refractivity contribution in [3.63, 3.8) is 0 Å². The van der Waals surface area contributed by atoms with E-state index >= 15 is 0 Å². The average molecular weight is 443 g/mol. The largest absolute Gasteiger partial charge is 0.379 e. The van der Waals surface area contributed by atoms with Gasteiger partial charge in [-0.25, -0.2) is 15.0 Å². The molecular weight excluding hydrogens is 416 g/mol. The van der Waals surface area contributed by atoms with Gasteiger partial charge in [0.2, 0.25) is 5.95 Å². The molecule has 2 fully saturated rings. The Morgan fingerprint density at radius 2 is 1.97 bits per heavy atom. The third-order valence-electron chi connectivity index (χ3n) is 6.07. The molecule has 168 valence electrons. The van der Waals surface area contributed by atoms with E-state index in [0.29, 0.717) is 23.3 Å². The molecule has 0 radical (unpaired) electrons. The summed E-state index contributed by atoms with van der Waals surface area (Å²) >= 11 is 0. The van der Waals surface area contributed by atoms with Crippen LogP contribution in [-0.2, 0) is 11.3 Å². The van der Waals surface area contributed by atoms with E-state index < -0.39 is 0 Å². The van der Waals surface area contributed by atoms with Crippen LogP contribution in [0.1, 0.15) is 24.1 Å². The van der Waals surface area contributed by atoms with Crippen LogP contribution in [0, 0.1) is 11.3 Å². The molecule has 0 unspecified atom stereocenters. The zero-order chi connectivity index (χ0) is 22.6. The van der Waals surface area contributed by atoms with Crippen LogP contribution < -0.4 is 10.2 Å². The first-order valence-electron chi connectivity index (χ1n) is 11.2. The Morgan fingerprint density at radius 1 is 1.12 bits per heavy atom. The van der Waals surface area contributed by atoms with Crippen LogP contribution in [0.3, 0.4) is 0 Å². The molecule has 1 N–H and O–H groups in total. The lowest BCUT2D eigenvalue weighted by Crippen LogP contribution is -2.51. The molecule has 0 saturated carbocycles. The van der Waals surface area contributed by atoms with Crippen LogP contribution in [0.5, 0.6) is 0 Å². The first kappa shape index (κ1) is 21.2. The number of rotatable bonds is 7.